The Morgan fingerprint density at radius 1 is 1.13 bits per heavy atom. The first-order valence-corrected chi connectivity index (χ1v) is 13.8. The van der Waals surface area contributed by atoms with E-state index in [4.69, 9.17) is 4.98 Å². The van der Waals surface area contributed by atoms with E-state index in [1.54, 1.807) is 0 Å². The van der Waals surface area contributed by atoms with Gasteiger partial charge in [-0.05, 0) is 107 Å². The largest absolute Gasteiger partial charge is 0.354 e. The van der Waals surface area contributed by atoms with E-state index in [9.17, 15) is 9.59 Å². The van der Waals surface area contributed by atoms with Crippen molar-refractivity contribution in [2.45, 2.75) is 46.2 Å². The second-order valence-electron chi connectivity index (χ2n) is 11.3. The predicted molar refractivity (Wildman–Crippen MR) is 157 cm³/mol. The molecule has 1 aromatic carbocycles. The summed E-state index contributed by atoms with van der Waals surface area (Å²) in [4.78, 5) is 40.7. The Morgan fingerprint density at radius 3 is 2.51 bits per heavy atom. The van der Waals surface area contributed by atoms with Gasteiger partial charge >= 0.3 is 0 Å². The SMILES string of the molecule is Cc1cc(C)c(CNC(=O)c2cc(-c3ccc(N4CCN(C)CC4)nc3)c3c(c2C)C(N(C)C)CC3)c(=O)[nH]1. The van der Waals surface area contributed by atoms with Crippen LogP contribution in [0.2, 0.25) is 0 Å². The van der Waals surface area contributed by atoms with E-state index in [0.717, 1.165) is 72.8 Å². The number of piperazine rings is 1. The molecule has 0 radical (unpaired) electrons. The maximum atomic E-state index is 13.6. The van der Waals surface area contributed by atoms with Crippen molar-refractivity contribution in [1.82, 2.24) is 25.1 Å². The number of nitrogens with zero attached hydrogens (tertiary/aromatic N) is 4. The quantitative estimate of drug-likeness (QED) is 0.509. The van der Waals surface area contributed by atoms with E-state index < -0.39 is 0 Å². The molecule has 1 aliphatic heterocycles. The van der Waals surface area contributed by atoms with E-state index in [1.807, 2.05) is 32.2 Å². The Labute approximate surface area is 231 Å². The lowest BCUT2D eigenvalue weighted by Gasteiger charge is -2.33. The van der Waals surface area contributed by atoms with Crippen LogP contribution in [-0.2, 0) is 13.0 Å². The zero-order valence-electron chi connectivity index (χ0n) is 24.0. The molecule has 2 aliphatic rings. The molecule has 1 saturated heterocycles. The number of benzene rings is 1. The topological polar surface area (TPSA) is 84.6 Å². The van der Waals surface area contributed by atoms with Crippen LogP contribution in [0.3, 0.4) is 0 Å². The predicted octanol–water partition coefficient (Wildman–Crippen LogP) is 3.59. The van der Waals surface area contributed by atoms with Gasteiger partial charge in [0.2, 0.25) is 0 Å². The molecule has 0 saturated carbocycles. The van der Waals surface area contributed by atoms with Crippen LogP contribution in [0.25, 0.3) is 11.1 Å². The van der Waals surface area contributed by atoms with E-state index in [0.29, 0.717) is 11.1 Å². The molecule has 0 spiro atoms. The standard InChI is InChI=1S/C31H40N6O2/c1-19-15-20(2)34-31(39)26(19)18-33-30(38)24-16-25(23-8-9-27(35(4)5)29(23)21(24)3)22-7-10-28(32-17-22)37-13-11-36(6)12-14-37/h7,10,15-17,27H,8-9,11-14,18H2,1-6H3,(H,33,38)(H,34,39). The van der Waals surface area contributed by atoms with Crippen LogP contribution >= 0.6 is 0 Å². The number of fused-ring (bicyclic) bond motifs is 1. The summed E-state index contributed by atoms with van der Waals surface area (Å²) in [5, 5.41) is 3.03. The highest BCUT2D eigenvalue weighted by molar-refractivity contribution is 5.98. The second kappa shape index (κ2) is 10.9. The Bertz CT molecular complexity index is 1430. The van der Waals surface area contributed by atoms with Crippen LogP contribution in [0.5, 0.6) is 0 Å². The van der Waals surface area contributed by atoms with Crippen molar-refractivity contribution in [3.05, 3.63) is 79.9 Å². The van der Waals surface area contributed by atoms with Crippen LogP contribution in [0.15, 0.2) is 35.3 Å². The summed E-state index contributed by atoms with van der Waals surface area (Å²) in [6.07, 6.45) is 3.94. The minimum atomic E-state index is -0.164. The molecule has 0 bridgehead atoms. The van der Waals surface area contributed by atoms with Crippen molar-refractivity contribution in [3.63, 3.8) is 0 Å². The number of anilines is 1. The van der Waals surface area contributed by atoms with Crippen molar-refractivity contribution < 1.29 is 4.79 Å². The smallest absolute Gasteiger partial charge is 0.253 e. The van der Waals surface area contributed by atoms with Gasteiger partial charge in [0.1, 0.15) is 5.82 Å². The molecular weight excluding hydrogens is 488 g/mol. The Balaban J connectivity index is 1.49. The molecule has 2 N–H and O–H groups in total. The van der Waals surface area contributed by atoms with E-state index in [-0.39, 0.29) is 24.1 Å². The number of pyridine rings is 2. The number of H-pyrrole nitrogens is 1. The summed E-state index contributed by atoms with van der Waals surface area (Å²) < 4.78 is 0. The van der Waals surface area contributed by atoms with Crippen LogP contribution < -0.4 is 15.8 Å². The van der Waals surface area contributed by atoms with E-state index in [1.165, 1.54) is 11.1 Å². The number of aromatic nitrogens is 2. The Morgan fingerprint density at radius 2 is 1.87 bits per heavy atom. The zero-order chi connectivity index (χ0) is 27.8. The first-order valence-electron chi connectivity index (χ1n) is 13.8. The molecule has 8 nitrogen and oxygen atoms in total. The van der Waals surface area contributed by atoms with Crippen LogP contribution in [0.4, 0.5) is 5.82 Å². The molecule has 1 atom stereocenters. The highest BCUT2D eigenvalue weighted by Crippen LogP contribution is 2.43. The molecule has 3 heterocycles. The minimum Gasteiger partial charge on any atom is -0.354 e. The van der Waals surface area contributed by atoms with Gasteiger partial charge in [-0.3, -0.25) is 9.59 Å². The Kier molecular flexibility index (Phi) is 7.60. The van der Waals surface area contributed by atoms with E-state index >= 15 is 0 Å². The summed E-state index contributed by atoms with van der Waals surface area (Å²) >= 11 is 0. The highest BCUT2D eigenvalue weighted by Gasteiger charge is 2.31. The van der Waals surface area contributed by atoms with Gasteiger partial charge in [-0.25, -0.2) is 4.98 Å². The molecular formula is C31H40N6O2. The number of likely N-dealkylation sites (N-methyl/N-ethyl adjacent to an activating group) is 1. The fourth-order valence-corrected chi connectivity index (χ4v) is 6.14. The van der Waals surface area contributed by atoms with Crippen LogP contribution in [-0.4, -0.2) is 73.0 Å². The van der Waals surface area contributed by atoms with Crippen molar-refractivity contribution in [2.75, 3.05) is 52.2 Å². The number of carbonyl (C=O) groups excluding carboxylic acids is 1. The summed E-state index contributed by atoms with van der Waals surface area (Å²) in [5.74, 6) is 0.834. The van der Waals surface area contributed by atoms with E-state index in [2.05, 4.69) is 65.2 Å². The lowest BCUT2D eigenvalue weighted by Crippen LogP contribution is -2.44. The molecule has 5 rings (SSSR count). The zero-order valence-corrected chi connectivity index (χ0v) is 24.0. The van der Waals surface area contributed by atoms with Gasteiger partial charge in [0.05, 0.1) is 0 Å². The second-order valence-corrected chi connectivity index (χ2v) is 11.3. The summed E-state index contributed by atoms with van der Waals surface area (Å²) in [5.41, 5.74) is 8.45. The number of hydrogen-bond acceptors (Lipinski definition) is 6. The Hall–Kier alpha value is -3.49. The fraction of sp³-hybridized carbons (Fsp3) is 0.452. The molecule has 1 fully saturated rings. The number of aryl methyl sites for hydroxylation is 2. The molecule has 3 aromatic rings. The molecule has 1 unspecified atom stereocenters. The number of amides is 1. The highest BCUT2D eigenvalue weighted by atomic mass is 16.1. The van der Waals surface area contributed by atoms with Crippen LogP contribution in [0, 0.1) is 20.8 Å². The number of carbonyl (C=O) groups is 1. The molecule has 39 heavy (non-hydrogen) atoms. The summed E-state index contributed by atoms with van der Waals surface area (Å²) in [7, 11) is 6.36. The van der Waals surface area contributed by atoms with Crippen molar-refractivity contribution in [1.29, 1.82) is 0 Å². The molecule has 8 heteroatoms. The van der Waals surface area contributed by atoms with Crippen molar-refractivity contribution in [3.8, 4) is 11.1 Å². The average molecular weight is 529 g/mol. The average Bonchev–Trinajstić information content (AvgIpc) is 3.35. The minimum absolute atomic E-state index is 0.154. The lowest BCUT2D eigenvalue weighted by molar-refractivity contribution is 0.0950. The van der Waals surface area contributed by atoms with Crippen LogP contribution in [0.1, 0.15) is 56.3 Å². The number of aromatic amines is 1. The van der Waals surface area contributed by atoms with Gasteiger partial charge in [0, 0.05) is 67.3 Å². The maximum absolute atomic E-state index is 13.6. The summed E-state index contributed by atoms with van der Waals surface area (Å²) in [6.45, 7) is 10.0. The maximum Gasteiger partial charge on any atom is 0.253 e. The van der Waals surface area contributed by atoms with Gasteiger partial charge in [0.25, 0.3) is 11.5 Å². The van der Waals surface area contributed by atoms with Gasteiger partial charge in [-0.2, -0.15) is 0 Å². The van der Waals surface area contributed by atoms with Gasteiger partial charge in [0.15, 0.2) is 0 Å². The summed E-state index contributed by atoms with van der Waals surface area (Å²) in [6, 6.07) is 8.47. The van der Waals surface area contributed by atoms with Crippen molar-refractivity contribution in [2.24, 2.45) is 0 Å². The molecule has 206 valence electrons. The third-order valence-corrected chi connectivity index (χ3v) is 8.42. The first kappa shape index (κ1) is 27.1. The third-order valence-electron chi connectivity index (χ3n) is 8.42. The monoisotopic (exact) mass is 528 g/mol. The fourth-order valence-electron chi connectivity index (χ4n) is 6.14. The molecule has 1 amide bonds. The lowest BCUT2D eigenvalue weighted by atomic mass is 9.89. The number of nitrogens with one attached hydrogen (secondary N) is 2. The normalized spacial score (nSPS) is 17.5. The van der Waals surface area contributed by atoms with Gasteiger partial charge in [-0.1, -0.05) is 0 Å². The first-order chi connectivity index (χ1) is 18.6. The molecule has 2 aromatic heterocycles. The number of rotatable bonds is 6. The number of hydrogen-bond donors (Lipinski definition) is 2. The third kappa shape index (κ3) is 5.36. The molecule has 1 aliphatic carbocycles. The van der Waals surface area contributed by atoms with Gasteiger partial charge in [-0.15, -0.1) is 0 Å². The van der Waals surface area contributed by atoms with Gasteiger partial charge < -0.3 is 25.0 Å². The van der Waals surface area contributed by atoms with Crippen molar-refractivity contribution >= 4 is 11.7 Å².